The number of halogens is 1. The second-order valence-corrected chi connectivity index (χ2v) is 9.30. The fraction of sp³-hybridized carbons (Fsp3) is 0.235. The zero-order chi connectivity index (χ0) is 16.1. The van der Waals surface area contributed by atoms with Gasteiger partial charge in [0.15, 0.2) is 0 Å². The molecule has 0 atom stereocenters. The molecule has 0 fully saturated rings. The van der Waals surface area contributed by atoms with Crippen molar-refractivity contribution in [1.29, 1.82) is 0 Å². The van der Waals surface area contributed by atoms with Crippen molar-refractivity contribution in [3.8, 4) is 0 Å². The molecule has 0 bridgehead atoms. The molecule has 0 saturated carbocycles. The first kappa shape index (κ1) is 24.1. The molecule has 0 saturated heterocycles. The second-order valence-electron chi connectivity index (χ2n) is 4.54. The van der Waals surface area contributed by atoms with E-state index in [0.29, 0.717) is 0 Å². The van der Waals surface area contributed by atoms with Crippen LogP contribution in [0.15, 0.2) is 60.7 Å². The summed E-state index contributed by atoms with van der Waals surface area (Å²) in [7, 11) is 0.209. The molecule has 0 unspecified atom stereocenters. The summed E-state index contributed by atoms with van der Waals surface area (Å²) < 4.78 is 0. The molecule has 0 amide bonds. The molecule has 0 spiro atoms. The van der Waals surface area contributed by atoms with Crippen molar-refractivity contribution in [3.63, 3.8) is 0 Å². The third-order valence-corrected chi connectivity index (χ3v) is 5.21. The van der Waals surface area contributed by atoms with E-state index in [4.69, 9.17) is 4.79 Å². The minimum atomic E-state index is 0. The molecule has 2 aromatic rings. The van der Waals surface area contributed by atoms with Gasteiger partial charge in [0.2, 0.25) is 0 Å². The normalized spacial score (nSPS) is 8.86. The van der Waals surface area contributed by atoms with Gasteiger partial charge in [-0.15, -0.1) is 0 Å². The van der Waals surface area contributed by atoms with Crippen molar-refractivity contribution in [2.45, 2.75) is 0 Å². The van der Waals surface area contributed by atoms with Crippen molar-refractivity contribution in [1.82, 2.24) is 0 Å². The van der Waals surface area contributed by atoms with Crippen LogP contribution in [0.2, 0.25) is 0 Å². The molecule has 0 aliphatic rings. The Bertz CT molecular complexity index is 435. The van der Waals surface area contributed by atoms with Crippen LogP contribution in [0.5, 0.6) is 0 Å². The molecule has 2 rings (SSSR count). The molecular formula is C17H22ClOP2Rh-. The standard InChI is InChI=1S/2C8H11P.CClO.Rh/c2*1-9(2)8-6-4-3-5-7-8;2-1-3;/h2*3-7H,1-2H3;;/q;;-1;. The van der Waals surface area contributed by atoms with Crippen LogP contribution in [0.3, 0.4) is 0 Å². The van der Waals surface area contributed by atoms with Crippen LogP contribution >= 0.6 is 27.4 Å². The molecule has 5 heteroatoms. The van der Waals surface area contributed by atoms with Crippen molar-refractivity contribution < 1.29 is 24.3 Å². The molecule has 0 aliphatic heterocycles. The first-order valence-electron chi connectivity index (χ1n) is 6.45. The summed E-state index contributed by atoms with van der Waals surface area (Å²) in [5, 5.41) is 2.96. The maximum Gasteiger partial charge on any atom is 0 e. The Hall–Kier alpha value is -0.117. The first-order valence-corrected chi connectivity index (χ1v) is 11.3. The Balaban J connectivity index is 0. The number of carbonyl (C=O) groups excluding carboxylic acids is 1. The Morgan fingerprint density at radius 3 is 1.09 bits per heavy atom. The fourth-order valence-electron chi connectivity index (χ4n) is 1.45. The largest absolute Gasteiger partial charge is 0.525 e. The van der Waals surface area contributed by atoms with Gasteiger partial charge in [-0.3, -0.25) is 0 Å². The van der Waals surface area contributed by atoms with E-state index < -0.39 is 0 Å². The Morgan fingerprint density at radius 2 is 0.955 bits per heavy atom. The van der Waals surface area contributed by atoms with E-state index in [1.54, 1.807) is 0 Å². The van der Waals surface area contributed by atoms with Gasteiger partial charge in [0.25, 0.3) is 0 Å². The van der Waals surface area contributed by atoms with Crippen LogP contribution in [0.25, 0.3) is 0 Å². The third kappa shape index (κ3) is 12.4. The maximum absolute atomic E-state index is 8.45. The number of rotatable bonds is 2. The Morgan fingerprint density at radius 1 is 0.727 bits per heavy atom. The van der Waals surface area contributed by atoms with Gasteiger partial charge in [-0.2, -0.15) is 5.75 Å². The quantitative estimate of drug-likeness (QED) is 0.292. The summed E-state index contributed by atoms with van der Waals surface area (Å²) in [6, 6.07) is 21.2. The van der Waals surface area contributed by atoms with Crippen LogP contribution in [0.4, 0.5) is 0 Å². The van der Waals surface area contributed by atoms with Gasteiger partial charge < -0.3 is 16.4 Å². The van der Waals surface area contributed by atoms with Gasteiger partial charge >= 0.3 is 0 Å². The fourth-order valence-corrected chi connectivity index (χ4v) is 2.99. The summed E-state index contributed by atoms with van der Waals surface area (Å²) in [6.45, 7) is 9.07. The average molecular weight is 443 g/mol. The van der Waals surface area contributed by atoms with Gasteiger partial charge in [0, 0.05) is 19.5 Å². The Kier molecular flexibility index (Phi) is 17.3. The van der Waals surface area contributed by atoms with E-state index in [-0.39, 0.29) is 35.3 Å². The molecule has 123 valence electrons. The van der Waals surface area contributed by atoms with E-state index in [9.17, 15) is 0 Å². The topological polar surface area (TPSA) is 17.1 Å². The molecule has 0 aromatic heterocycles. The van der Waals surface area contributed by atoms with Gasteiger partial charge in [0.05, 0.1) is 0 Å². The smallest absolute Gasteiger partial charge is 0 e. The van der Waals surface area contributed by atoms with Crippen LogP contribution in [0, 0.1) is 0 Å². The molecule has 2 aromatic carbocycles. The summed E-state index contributed by atoms with van der Waals surface area (Å²) >= 11 is 4.19. The zero-order valence-electron chi connectivity index (χ0n) is 13.3. The number of hydrogen-bond acceptors (Lipinski definition) is 1. The van der Waals surface area contributed by atoms with E-state index in [0.717, 1.165) is 5.75 Å². The summed E-state index contributed by atoms with van der Waals surface area (Å²) in [4.78, 5) is 8.45. The molecule has 22 heavy (non-hydrogen) atoms. The number of benzene rings is 2. The summed E-state index contributed by atoms with van der Waals surface area (Å²) in [5.74, 6) is 0.972. The third-order valence-electron chi connectivity index (χ3n) is 2.55. The summed E-state index contributed by atoms with van der Waals surface area (Å²) in [5.41, 5.74) is 0. The molecule has 0 aliphatic carbocycles. The van der Waals surface area contributed by atoms with E-state index in [2.05, 4.69) is 98.9 Å². The predicted molar refractivity (Wildman–Crippen MR) is 101 cm³/mol. The number of hydrogen-bond donors (Lipinski definition) is 0. The predicted octanol–water partition coefficient (Wildman–Crippen LogP) is 4.40. The minimum absolute atomic E-state index is 0. The van der Waals surface area contributed by atoms with Crippen molar-refractivity contribution >= 4 is 43.8 Å². The van der Waals surface area contributed by atoms with Crippen molar-refractivity contribution in [3.05, 3.63) is 60.7 Å². The first-order chi connectivity index (χ1) is 10.0. The molecular weight excluding hydrogens is 420 g/mol. The molecule has 1 nitrogen and oxygen atoms in total. The minimum Gasteiger partial charge on any atom is -0.525 e. The van der Waals surface area contributed by atoms with Crippen LogP contribution < -0.4 is 10.6 Å². The monoisotopic (exact) mass is 442 g/mol. The average Bonchev–Trinajstić information content (AvgIpc) is 2.50. The van der Waals surface area contributed by atoms with Gasteiger partial charge in [-0.1, -0.05) is 76.5 Å². The molecule has 0 N–H and O–H groups in total. The molecule has 0 heterocycles. The van der Waals surface area contributed by atoms with Crippen molar-refractivity contribution in [2.75, 3.05) is 26.7 Å². The van der Waals surface area contributed by atoms with Gasteiger partial charge in [-0.25, -0.2) is 0 Å². The van der Waals surface area contributed by atoms with Gasteiger partial charge in [0.1, 0.15) is 0 Å². The van der Waals surface area contributed by atoms with E-state index in [1.807, 2.05) is 0 Å². The SMILES string of the molecule is CP(C)c1ccccc1.CP(C)c1ccccc1.O=[C-]Cl.[Rh]. The summed E-state index contributed by atoms with van der Waals surface area (Å²) in [6.07, 6.45) is 0. The van der Waals surface area contributed by atoms with Crippen LogP contribution in [0.1, 0.15) is 0 Å². The van der Waals surface area contributed by atoms with Crippen LogP contribution in [-0.4, -0.2) is 32.4 Å². The van der Waals surface area contributed by atoms with Crippen molar-refractivity contribution in [2.24, 2.45) is 0 Å². The van der Waals surface area contributed by atoms with E-state index >= 15 is 0 Å². The second kappa shape index (κ2) is 15.8. The Labute approximate surface area is 155 Å². The molecule has 1 radical (unpaired) electrons. The van der Waals surface area contributed by atoms with E-state index in [1.165, 1.54) is 10.6 Å². The zero-order valence-corrected chi connectivity index (χ0v) is 17.5. The van der Waals surface area contributed by atoms with Crippen LogP contribution in [-0.2, 0) is 24.3 Å². The van der Waals surface area contributed by atoms with Gasteiger partial charge in [-0.05, 0) is 37.3 Å². The maximum atomic E-state index is 8.45.